The summed E-state index contributed by atoms with van der Waals surface area (Å²) in [6.45, 7) is 8.24. The lowest BCUT2D eigenvalue weighted by molar-refractivity contribution is 0.388. The van der Waals surface area contributed by atoms with Crippen LogP contribution in [0.4, 0.5) is 4.39 Å². The maximum Gasteiger partial charge on any atom is 0.123 e. The zero-order valence-corrected chi connectivity index (χ0v) is 11.1. The Morgan fingerprint density at radius 1 is 1.35 bits per heavy atom. The van der Waals surface area contributed by atoms with Gasteiger partial charge in [-0.15, -0.1) is 0 Å². The first-order valence-corrected chi connectivity index (χ1v) is 6.14. The molecule has 0 amide bonds. The van der Waals surface area contributed by atoms with Crippen molar-refractivity contribution in [3.8, 4) is 5.75 Å². The van der Waals surface area contributed by atoms with Crippen molar-refractivity contribution in [2.45, 2.75) is 26.7 Å². The standard InChI is InChI=1S/C14H22FNO/c1-5-16-9-10(2)11(3)13-8-12(15)6-7-14(13)17-4/h6-8,10-11,16H,5,9H2,1-4H3. The lowest BCUT2D eigenvalue weighted by atomic mass is 9.88. The van der Waals surface area contributed by atoms with Gasteiger partial charge in [0.1, 0.15) is 11.6 Å². The average molecular weight is 239 g/mol. The third kappa shape index (κ3) is 3.70. The van der Waals surface area contributed by atoms with E-state index in [2.05, 4.69) is 26.1 Å². The molecule has 3 heteroatoms. The van der Waals surface area contributed by atoms with Crippen LogP contribution in [-0.4, -0.2) is 20.2 Å². The van der Waals surface area contributed by atoms with E-state index in [0.717, 1.165) is 24.4 Å². The molecule has 0 heterocycles. The molecular weight excluding hydrogens is 217 g/mol. The Hall–Kier alpha value is -1.09. The molecule has 0 aliphatic carbocycles. The molecule has 2 nitrogen and oxygen atoms in total. The first kappa shape index (κ1) is 14.0. The normalized spacial score (nSPS) is 14.4. The molecule has 0 saturated carbocycles. The smallest absolute Gasteiger partial charge is 0.123 e. The second-order valence-electron chi connectivity index (χ2n) is 4.46. The quantitative estimate of drug-likeness (QED) is 0.823. The SMILES string of the molecule is CCNCC(C)C(C)c1cc(F)ccc1OC. The van der Waals surface area contributed by atoms with Crippen LogP contribution in [0.15, 0.2) is 18.2 Å². The fourth-order valence-corrected chi connectivity index (χ4v) is 1.92. The van der Waals surface area contributed by atoms with Gasteiger partial charge in [-0.1, -0.05) is 20.8 Å². The van der Waals surface area contributed by atoms with Gasteiger partial charge in [-0.25, -0.2) is 4.39 Å². The fraction of sp³-hybridized carbons (Fsp3) is 0.571. The summed E-state index contributed by atoms with van der Waals surface area (Å²) in [6.07, 6.45) is 0. The van der Waals surface area contributed by atoms with Crippen LogP contribution in [0.1, 0.15) is 32.3 Å². The van der Waals surface area contributed by atoms with E-state index in [1.807, 2.05) is 0 Å². The third-order valence-electron chi connectivity index (χ3n) is 3.25. The highest BCUT2D eigenvalue weighted by Gasteiger charge is 2.18. The number of ether oxygens (including phenoxy) is 1. The van der Waals surface area contributed by atoms with Crippen LogP contribution in [0.5, 0.6) is 5.75 Å². The van der Waals surface area contributed by atoms with Gasteiger partial charge in [-0.05, 0) is 43.1 Å². The molecule has 1 aromatic carbocycles. The van der Waals surface area contributed by atoms with Crippen molar-refractivity contribution in [3.63, 3.8) is 0 Å². The van der Waals surface area contributed by atoms with Crippen molar-refractivity contribution in [3.05, 3.63) is 29.6 Å². The predicted octanol–water partition coefficient (Wildman–Crippen LogP) is 3.18. The Kier molecular flexibility index (Phi) is 5.42. The molecule has 2 unspecified atom stereocenters. The van der Waals surface area contributed by atoms with Crippen LogP contribution in [0.2, 0.25) is 0 Å². The summed E-state index contributed by atoms with van der Waals surface area (Å²) in [5.74, 6) is 1.26. The van der Waals surface area contributed by atoms with E-state index in [4.69, 9.17) is 4.74 Å². The number of nitrogens with one attached hydrogen (secondary N) is 1. The van der Waals surface area contributed by atoms with Crippen molar-refractivity contribution >= 4 is 0 Å². The number of hydrogen-bond acceptors (Lipinski definition) is 2. The van der Waals surface area contributed by atoms with E-state index >= 15 is 0 Å². The van der Waals surface area contributed by atoms with Crippen molar-refractivity contribution in [2.24, 2.45) is 5.92 Å². The van der Waals surface area contributed by atoms with Gasteiger partial charge in [0.05, 0.1) is 7.11 Å². The Morgan fingerprint density at radius 3 is 2.65 bits per heavy atom. The average Bonchev–Trinajstić information content (AvgIpc) is 2.34. The summed E-state index contributed by atoms with van der Waals surface area (Å²) in [5, 5.41) is 3.32. The minimum absolute atomic E-state index is 0.205. The Bertz CT molecular complexity index is 354. The van der Waals surface area contributed by atoms with Crippen LogP contribution in [-0.2, 0) is 0 Å². The second kappa shape index (κ2) is 6.60. The summed E-state index contributed by atoms with van der Waals surface area (Å²) < 4.78 is 18.6. The summed E-state index contributed by atoms with van der Waals surface area (Å²) in [7, 11) is 1.62. The highest BCUT2D eigenvalue weighted by Crippen LogP contribution is 2.31. The fourth-order valence-electron chi connectivity index (χ4n) is 1.92. The molecule has 96 valence electrons. The minimum Gasteiger partial charge on any atom is -0.496 e. The first-order chi connectivity index (χ1) is 8.10. The largest absolute Gasteiger partial charge is 0.496 e. The monoisotopic (exact) mass is 239 g/mol. The van der Waals surface area contributed by atoms with Gasteiger partial charge in [0, 0.05) is 5.56 Å². The van der Waals surface area contributed by atoms with E-state index in [1.54, 1.807) is 19.2 Å². The minimum atomic E-state index is -0.205. The van der Waals surface area contributed by atoms with Crippen LogP contribution in [0, 0.1) is 11.7 Å². The summed E-state index contributed by atoms with van der Waals surface area (Å²) in [5.41, 5.74) is 0.943. The zero-order chi connectivity index (χ0) is 12.8. The molecule has 17 heavy (non-hydrogen) atoms. The van der Waals surface area contributed by atoms with Crippen molar-refractivity contribution in [1.29, 1.82) is 0 Å². The number of halogens is 1. The third-order valence-corrected chi connectivity index (χ3v) is 3.25. The highest BCUT2D eigenvalue weighted by atomic mass is 19.1. The van der Waals surface area contributed by atoms with Crippen LogP contribution >= 0.6 is 0 Å². The number of hydrogen-bond donors (Lipinski definition) is 1. The highest BCUT2D eigenvalue weighted by molar-refractivity contribution is 5.36. The van der Waals surface area contributed by atoms with Crippen LogP contribution in [0.3, 0.4) is 0 Å². The Morgan fingerprint density at radius 2 is 2.06 bits per heavy atom. The van der Waals surface area contributed by atoms with E-state index in [1.165, 1.54) is 6.07 Å². The maximum atomic E-state index is 13.3. The van der Waals surface area contributed by atoms with Gasteiger partial charge in [0.15, 0.2) is 0 Å². The molecule has 0 fully saturated rings. The molecule has 0 saturated heterocycles. The molecule has 0 aromatic heterocycles. The van der Waals surface area contributed by atoms with Gasteiger partial charge in [0.25, 0.3) is 0 Å². The zero-order valence-electron chi connectivity index (χ0n) is 11.1. The molecule has 1 rings (SSSR count). The molecule has 0 aliphatic rings. The van der Waals surface area contributed by atoms with Gasteiger partial charge in [-0.3, -0.25) is 0 Å². The number of benzene rings is 1. The van der Waals surface area contributed by atoms with Gasteiger partial charge < -0.3 is 10.1 Å². The molecule has 0 aliphatic heterocycles. The summed E-state index contributed by atoms with van der Waals surface area (Å²) >= 11 is 0. The number of rotatable bonds is 6. The molecule has 0 radical (unpaired) electrons. The van der Waals surface area contributed by atoms with E-state index in [9.17, 15) is 4.39 Å². The first-order valence-electron chi connectivity index (χ1n) is 6.14. The maximum absolute atomic E-state index is 13.3. The topological polar surface area (TPSA) is 21.3 Å². The van der Waals surface area contributed by atoms with Crippen LogP contribution in [0.25, 0.3) is 0 Å². The summed E-state index contributed by atoms with van der Waals surface area (Å²) in [4.78, 5) is 0. The lowest BCUT2D eigenvalue weighted by Crippen LogP contribution is -2.24. The molecule has 2 atom stereocenters. The van der Waals surface area contributed by atoms with Gasteiger partial charge in [-0.2, -0.15) is 0 Å². The van der Waals surface area contributed by atoms with E-state index < -0.39 is 0 Å². The predicted molar refractivity (Wildman–Crippen MR) is 69.1 cm³/mol. The lowest BCUT2D eigenvalue weighted by Gasteiger charge is -2.22. The Labute approximate surface area is 103 Å². The van der Waals surface area contributed by atoms with Crippen molar-refractivity contribution in [1.82, 2.24) is 5.32 Å². The summed E-state index contributed by atoms with van der Waals surface area (Å²) in [6, 6.07) is 4.71. The second-order valence-corrected chi connectivity index (χ2v) is 4.46. The Balaban J connectivity index is 2.86. The molecule has 1 N–H and O–H groups in total. The van der Waals surface area contributed by atoms with Gasteiger partial charge >= 0.3 is 0 Å². The molecular formula is C14H22FNO. The molecule has 0 spiro atoms. The molecule has 0 bridgehead atoms. The van der Waals surface area contributed by atoms with Crippen molar-refractivity contribution in [2.75, 3.05) is 20.2 Å². The van der Waals surface area contributed by atoms with E-state index in [0.29, 0.717) is 5.92 Å². The molecule has 1 aromatic rings. The van der Waals surface area contributed by atoms with E-state index in [-0.39, 0.29) is 11.7 Å². The number of methoxy groups -OCH3 is 1. The van der Waals surface area contributed by atoms with Gasteiger partial charge in [0.2, 0.25) is 0 Å². The van der Waals surface area contributed by atoms with Crippen molar-refractivity contribution < 1.29 is 9.13 Å². The van der Waals surface area contributed by atoms with Crippen LogP contribution < -0.4 is 10.1 Å².